The predicted octanol–water partition coefficient (Wildman–Crippen LogP) is 2.77. The Kier molecular flexibility index (Phi) is 6.07. The van der Waals surface area contributed by atoms with Crippen LogP contribution in [0, 0.1) is 5.92 Å². The predicted molar refractivity (Wildman–Crippen MR) is 118 cm³/mol. The minimum atomic E-state index is -1.69. The van der Waals surface area contributed by atoms with Crippen molar-refractivity contribution in [1.82, 2.24) is 10.2 Å². The number of nitrogens with one attached hydrogen (secondary N) is 1. The van der Waals surface area contributed by atoms with Crippen molar-refractivity contribution in [2.45, 2.75) is 38.2 Å². The molecule has 2 atom stereocenters. The molecule has 0 bridgehead atoms. The van der Waals surface area contributed by atoms with E-state index in [9.17, 15) is 14.4 Å². The molecular weight excluding hydrogens is 436 g/mol. The summed E-state index contributed by atoms with van der Waals surface area (Å²) in [7, 11) is 2.88. The normalized spacial score (nSPS) is 24.3. The molecular formula is C23H27ClN2O6. The fraction of sp³-hybridized carbons (Fsp3) is 0.522. The number of allylic oxidation sites excluding steroid dienone is 1. The lowest BCUT2D eigenvalue weighted by molar-refractivity contribution is -0.130. The average Bonchev–Trinajstić information content (AvgIpc) is 3.41. The number of ether oxygens (including phenoxy) is 3. The molecule has 32 heavy (non-hydrogen) atoms. The summed E-state index contributed by atoms with van der Waals surface area (Å²) in [5.41, 5.74) is -0.854. The number of carbonyl (C=O) groups excluding carboxylic acids is 3. The van der Waals surface area contributed by atoms with Crippen LogP contribution in [0.2, 0.25) is 5.02 Å². The molecule has 0 aromatic heterocycles. The van der Waals surface area contributed by atoms with Gasteiger partial charge < -0.3 is 24.4 Å². The molecule has 0 radical (unpaired) electrons. The molecule has 9 heteroatoms. The Morgan fingerprint density at radius 1 is 1.25 bits per heavy atom. The molecule has 3 aliphatic rings. The second-order valence-corrected chi connectivity index (χ2v) is 8.75. The molecule has 1 spiro atoms. The number of ketones is 2. The van der Waals surface area contributed by atoms with Crippen molar-refractivity contribution in [1.29, 1.82) is 0 Å². The van der Waals surface area contributed by atoms with E-state index in [1.54, 1.807) is 6.92 Å². The Labute approximate surface area is 191 Å². The van der Waals surface area contributed by atoms with Gasteiger partial charge in [0, 0.05) is 49.8 Å². The summed E-state index contributed by atoms with van der Waals surface area (Å²) in [5, 5.41) is 3.31. The first kappa shape index (κ1) is 22.5. The summed E-state index contributed by atoms with van der Waals surface area (Å²) >= 11 is 6.39. The number of carbonyl (C=O) groups is 3. The molecule has 1 fully saturated rings. The van der Waals surface area contributed by atoms with E-state index in [2.05, 4.69) is 5.32 Å². The van der Waals surface area contributed by atoms with Gasteiger partial charge in [0.15, 0.2) is 5.75 Å². The molecule has 1 N–H and O–H groups in total. The lowest BCUT2D eigenvalue weighted by Gasteiger charge is -2.35. The minimum Gasteiger partial charge on any atom is -0.496 e. The van der Waals surface area contributed by atoms with Crippen LogP contribution in [0.3, 0.4) is 0 Å². The van der Waals surface area contributed by atoms with Gasteiger partial charge in [0.1, 0.15) is 22.1 Å². The van der Waals surface area contributed by atoms with E-state index >= 15 is 0 Å². The van der Waals surface area contributed by atoms with E-state index in [0.29, 0.717) is 30.8 Å². The Hall–Kier alpha value is -2.74. The fourth-order valence-corrected chi connectivity index (χ4v) is 4.97. The number of nitrogens with zero attached hydrogens (tertiary/aromatic N) is 1. The number of fused-ring (bicyclic) bond motifs is 1. The SMILES string of the molecule is COc1cc(OC)c2c(c1Cl)OC1(C(=O)C=C(NCCC(=O)N3CCCC3)CC1C)C2=O. The number of likely N-dealkylation sites (tertiary alicyclic amines) is 1. The highest BCUT2D eigenvalue weighted by atomic mass is 35.5. The van der Waals surface area contributed by atoms with Crippen LogP contribution >= 0.6 is 11.6 Å². The van der Waals surface area contributed by atoms with Crippen LogP contribution in [-0.2, 0) is 9.59 Å². The summed E-state index contributed by atoms with van der Waals surface area (Å²) in [6.45, 7) is 3.86. The highest BCUT2D eigenvalue weighted by molar-refractivity contribution is 6.36. The summed E-state index contributed by atoms with van der Waals surface area (Å²) in [4.78, 5) is 40.8. The Balaban J connectivity index is 1.53. The minimum absolute atomic E-state index is 0.106. The van der Waals surface area contributed by atoms with Gasteiger partial charge in [-0.15, -0.1) is 0 Å². The lowest BCUT2D eigenvalue weighted by Crippen LogP contribution is -2.55. The summed E-state index contributed by atoms with van der Waals surface area (Å²) < 4.78 is 16.6. The Morgan fingerprint density at radius 3 is 2.56 bits per heavy atom. The maximum atomic E-state index is 13.5. The largest absolute Gasteiger partial charge is 0.496 e. The van der Waals surface area contributed by atoms with Gasteiger partial charge in [-0.3, -0.25) is 14.4 Å². The van der Waals surface area contributed by atoms with E-state index < -0.39 is 23.1 Å². The van der Waals surface area contributed by atoms with Crippen LogP contribution in [0.25, 0.3) is 0 Å². The summed E-state index contributed by atoms with van der Waals surface area (Å²) in [5.74, 6) is -0.617. The standard InChI is InChI=1S/C23H27ClN2O6/c1-13-10-14(25-7-6-18(28)26-8-4-5-9-26)11-17(27)23(13)22(29)19-15(30-2)12-16(31-3)20(24)21(19)32-23/h11-13,25H,4-10H2,1-3H3. The van der Waals surface area contributed by atoms with Gasteiger partial charge in [0.25, 0.3) is 0 Å². The zero-order chi connectivity index (χ0) is 23.0. The van der Waals surface area contributed by atoms with E-state index in [0.717, 1.165) is 25.9 Å². The van der Waals surface area contributed by atoms with Crippen molar-refractivity contribution in [3.8, 4) is 17.2 Å². The van der Waals surface area contributed by atoms with Crippen molar-refractivity contribution < 1.29 is 28.6 Å². The van der Waals surface area contributed by atoms with Gasteiger partial charge in [-0.1, -0.05) is 18.5 Å². The van der Waals surface area contributed by atoms with Crippen LogP contribution in [0.1, 0.15) is 43.0 Å². The molecule has 172 valence electrons. The van der Waals surface area contributed by atoms with Crippen LogP contribution < -0.4 is 19.5 Å². The number of hydrogen-bond donors (Lipinski definition) is 1. The van der Waals surface area contributed by atoms with E-state index in [1.807, 2.05) is 4.90 Å². The molecule has 2 unspecified atom stereocenters. The molecule has 1 aromatic rings. The first-order chi connectivity index (χ1) is 15.3. The third-order valence-corrected chi connectivity index (χ3v) is 6.82. The third-order valence-electron chi connectivity index (χ3n) is 6.46. The molecule has 2 aliphatic heterocycles. The molecule has 1 saturated heterocycles. The lowest BCUT2D eigenvalue weighted by atomic mass is 9.74. The molecule has 0 saturated carbocycles. The number of halogens is 1. The number of methoxy groups -OCH3 is 2. The van der Waals surface area contributed by atoms with Gasteiger partial charge in [-0.05, 0) is 19.3 Å². The van der Waals surface area contributed by atoms with Crippen molar-refractivity contribution in [3.05, 3.63) is 28.4 Å². The van der Waals surface area contributed by atoms with Crippen molar-refractivity contribution >= 4 is 29.1 Å². The maximum absolute atomic E-state index is 13.5. The van der Waals surface area contributed by atoms with Crippen LogP contribution in [0.5, 0.6) is 17.2 Å². The summed E-state index contributed by atoms with van der Waals surface area (Å²) in [6.07, 6.45) is 4.28. The van der Waals surface area contributed by atoms with E-state index in [1.165, 1.54) is 26.4 Å². The number of amides is 1. The second kappa shape index (κ2) is 8.65. The third kappa shape index (κ3) is 3.50. The molecule has 4 rings (SSSR count). The van der Waals surface area contributed by atoms with Crippen LogP contribution in [0.4, 0.5) is 0 Å². The number of hydrogen-bond acceptors (Lipinski definition) is 7. The van der Waals surface area contributed by atoms with Crippen molar-refractivity contribution in [2.75, 3.05) is 33.9 Å². The summed E-state index contributed by atoms with van der Waals surface area (Å²) in [6, 6.07) is 1.51. The van der Waals surface area contributed by atoms with Crippen molar-refractivity contribution in [2.24, 2.45) is 5.92 Å². The molecule has 8 nitrogen and oxygen atoms in total. The smallest absolute Gasteiger partial charge is 0.236 e. The number of Topliss-reactive ketones (excluding diaryl/α,β-unsaturated/α-hetero) is 1. The maximum Gasteiger partial charge on any atom is 0.236 e. The van der Waals surface area contributed by atoms with Gasteiger partial charge in [-0.2, -0.15) is 0 Å². The van der Waals surface area contributed by atoms with Gasteiger partial charge in [0.2, 0.25) is 23.1 Å². The molecule has 1 aromatic carbocycles. The van der Waals surface area contributed by atoms with Crippen molar-refractivity contribution in [3.63, 3.8) is 0 Å². The molecule has 2 heterocycles. The average molecular weight is 463 g/mol. The van der Waals surface area contributed by atoms with Crippen LogP contribution in [0.15, 0.2) is 17.8 Å². The molecule has 1 aliphatic carbocycles. The first-order valence-corrected chi connectivity index (χ1v) is 11.2. The monoisotopic (exact) mass is 462 g/mol. The van der Waals surface area contributed by atoms with Crippen LogP contribution in [-0.4, -0.2) is 61.8 Å². The highest BCUT2D eigenvalue weighted by Gasteiger charge is 2.60. The number of benzene rings is 1. The Morgan fingerprint density at radius 2 is 1.94 bits per heavy atom. The topological polar surface area (TPSA) is 94.2 Å². The zero-order valence-electron chi connectivity index (χ0n) is 18.5. The highest BCUT2D eigenvalue weighted by Crippen LogP contribution is 2.52. The number of rotatable bonds is 6. The first-order valence-electron chi connectivity index (χ1n) is 10.8. The second-order valence-electron chi connectivity index (χ2n) is 8.37. The fourth-order valence-electron chi connectivity index (χ4n) is 4.71. The van der Waals surface area contributed by atoms with E-state index in [-0.39, 0.29) is 28.0 Å². The quantitative estimate of drug-likeness (QED) is 0.649. The van der Waals surface area contributed by atoms with Gasteiger partial charge >= 0.3 is 0 Å². The van der Waals surface area contributed by atoms with Gasteiger partial charge in [0.05, 0.1) is 14.2 Å². The Bertz CT molecular complexity index is 1000. The molecule has 1 amide bonds. The van der Waals surface area contributed by atoms with Gasteiger partial charge in [-0.25, -0.2) is 0 Å². The van der Waals surface area contributed by atoms with E-state index in [4.69, 9.17) is 25.8 Å². The zero-order valence-corrected chi connectivity index (χ0v) is 19.2.